The van der Waals surface area contributed by atoms with E-state index >= 15 is 0 Å². The zero-order valence-electron chi connectivity index (χ0n) is 12.0. The Hall–Kier alpha value is -1.66. The summed E-state index contributed by atoms with van der Waals surface area (Å²) in [4.78, 5) is 7.35. The maximum Gasteiger partial charge on any atom is 0.264 e. The second-order valence-electron chi connectivity index (χ2n) is 5.59. The van der Waals surface area contributed by atoms with Crippen LogP contribution in [0.3, 0.4) is 0 Å². The monoisotopic (exact) mass is 325 g/mol. The van der Waals surface area contributed by atoms with Gasteiger partial charge in [-0.3, -0.25) is 4.72 Å². The molecule has 0 aliphatic carbocycles. The largest absolute Gasteiger partial charge is 0.279 e. The van der Waals surface area contributed by atoms with E-state index in [2.05, 4.69) is 14.7 Å². The van der Waals surface area contributed by atoms with Gasteiger partial charge >= 0.3 is 0 Å². The van der Waals surface area contributed by atoms with Gasteiger partial charge in [-0.2, -0.15) is 0 Å². The molecule has 0 bridgehead atoms. The van der Waals surface area contributed by atoms with Gasteiger partial charge in [0.2, 0.25) is 5.28 Å². The number of hydrogen-bond donors (Lipinski definition) is 1. The lowest BCUT2D eigenvalue weighted by molar-refractivity contribution is 0.590. The first kappa shape index (κ1) is 15.7. The van der Waals surface area contributed by atoms with E-state index in [0.29, 0.717) is 5.69 Å². The number of hydrogen-bond acceptors (Lipinski definition) is 4. The van der Waals surface area contributed by atoms with E-state index in [1.165, 1.54) is 12.4 Å². The van der Waals surface area contributed by atoms with Gasteiger partial charge in [-0.1, -0.05) is 39.0 Å². The predicted octanol–water partition coefficient (Wildman–Crippen LogP) is 3.23. The van der Waals surface area contributed by atoms with Crippen LogP contribution in [-0.2, 0) is 15.4 Å². The van der Waals surface area contributed by atoms with E-state index in [0.717, 1.165) is 5.56 Å². The summed E-state index contributed by atoms with van der Waals surface area (Å²) in [7, 11) is -3.75. The Morgan fingerprint density at radius 2 is 1.67 bits per heavy atom. The number of anilines is 1. The number of benzene rings is 1. The summed E-state index contributed by atoms with van der Waals surface area (Å²) in [5, 5.41) is 0.00374. The first-order valence-electron chi connectivity index (χ1n) is 6.30. The minimum atomic E-state index is -3.75. The Balaban J connectivity index is 2.40. The first-order chi connectivity index (χ1) is 9.70. The minimum Gasteiger partial charge on any atom is -0.279 e. The molecule has 2 aromatic rings. The first-order valence-corrected chi connectivity index (χ1v) is 8.16. The standard InChI is InChI=1S/C14H16ClN3O2S/c1-14(2,3)11-6-4-5-7-12(11)18-21(19,20)10-8-16-13(15)17-9-10/h4-9,18H,1-3H3. The molecule has 0 amide bonds. The molecule has 1 heterocycles. The molecular weight excluding hydrogens is 310 g/mol. The van der Waals surface area contributed by atoms with E-state index < -0.39 is 10.0 Å². The number of sulfonamides is 1. The van der Waals surface area contributed by atoms with Crippen molar-refractivity contribution in [3.05, 3.63) is 47.5 Å². The molecule has 0 spiro atoms. The third-order valence-corrected chi connectivity index (χ3v) is 4.40. The fourth-order valence-corrected chi connectivity index (χ4v) is 2.93. The van der Waals surface area contributed by atoms with Crippen molar-refractivity contribution in [3.63, 3.8) is 0 Å². The summed E-state index contributed by atoms with van der Waals surface area (Å²) in [6.07, 6.45) is 2.36. The summed E-state index contributed by atoms with van der Waals surface area (Å²) in [6.45, 7) is 6.06. The average Bonchev–Trinajstić information content (AvgIpc) is 2.38. The number of nitrogens with one attached hydrogen (secondary N) is 1. The van der Waals surface area contributed by atoms with Gasteiger partial charge in [-0.15, -0.1) is 0 Å². The molecule has 0 fully saturated rings. The van der Waals surface area contributed by atoms with Gasteiger partial charge in [0.05, 0.1) is 18.1 Å². The molecule has 1 aromatic heterocycles. The van der Waals surface area contributed by atoms with Crippen LogP contribution in [0.1, 0.15) is 26.3 Å². The van der Waals surface area contributed by atoms with Gasteiger partial charge < -0.3 is 0 Å². The molecular formula is C14H16ClN3O2S. The number of nitrogens with zero attached hydrogens (tertiary/aromatic N) is 2. The Morgan fingerprint density at radius 3 is 2.24 bits per heavy atom. The fourth-order valence-electron chi connectivity index (χ4n) is 1.87. The van der Waals surface area contributed by atoms with Gasteiger partial charge in [0, 0.05) is 0 Å². The Bertz CT molecular complexity index is 738. The van der Waals surface area contributed by atoms with Crippen molar-refractivity contribution in [1.82, 2.24) is 9.97 Å². The summed E-state index contributed by atoms with van der Waals surface area (Å²) in [5.74, 6) is 0. The van der Waals surface area contributed by atoms with E-state index in [-0.39, 0.29) is 15.6 Å². The van der Waals surface area contributed by atoms with Crippen molar-refractivity contribution in [3.8, 4) is 0 Å². The van der Waals surface area contributed by atoms with Crippen LogP contribution in [0, 0.1) is 0 Å². The van der Waals surface area contributed by atoms with Crippen LogP contribution >= 0.6 is 11.6 Å². The zero-order valence-corrected chi connectivity index (χ0v) is 13.5. The molecule has 21 heavy (non-hydrogen) atoms. The molecule has 0 aliphatic rings. The molecule has 0 radical (unpaired) electrons. The molecule has 7 heteroatoms. The molecule has 0 aliphatic heterocycles. The molecule has 5 nitrogen and oxygen atoms in total. The van der Waals surface area contributed by atoms with Crippen molar-refractivity contribution < 1.29 is 8.42 Å². The van der Waals surface area contributed by atoms with Crippen LogP contribution < -0.4 is 4.72 Å². The van der Waals surface area contributed by atoms with Gasteiger partial charge in [0.15, 0.2) is 0 Å². The Labute approximate surface area is 129 Å². The van der Waals surface area contributed by atoms with Crippen molar-refractivity contribution in [2.45, 2.75) is 31.1 Å². The molecule has 0 saturated heterocycles. The highest BCUT2D eigenvalue weighted by molar-refractivity contribution is 7.92. The van der Waals surface area contributed by atoms with Crippen molar-refractivity contribution >= 4 is 27.3 Å². The molecule has 0 saturated carbocycles. The van der Waals surface area contributed by atoms with Gasteiger partial charge in [0.1, 0.15) is 4.90 Å². The highest BCUT2D eigenvalue weighted by Gasteiger charge is 2.22. The number of aromatic nitrogens is 2. The molecule has 112 valence electrons. The summed E-state index contributed by atoms with van der Waals surface area (Å²) in [6, 6.07) is 7.29. The van der Waals surface area contributed by atoms with E-state index in [9.17, 15) is 8.42 Å². The Morgan fingerprint density at radius 1 is 1.10 bits per heavy atom. The maximum atomic E-state index is 12.4. The maximum absolute atomic E-state index is 12.4. The Kier molecular flexibility index (Phi) is 4.20. The number of rotatable bonds is 3. The molecule has 0 atom stereocenters. The molecule has 1 N–H and O–H groups in total. The number of halogens is 1. The fraction of sp³-hybridized carbons (Fsp3) is 0.286. The summed E-state index contributed by atoms with van der Waals surface area (Å²) >= 11 is 5.57. The van der Waals surface area contributed by atoms with Gasteiger partial charge in [0.25, 0.3) is 10.0 Å². The van der Waals surface area contributed by atoms with E-state index in [1.807, 2.05) is 32.9 Å². The second kappa shape index (κ2) is 5.61. The SMILES string of the molecule is CC(C)(C)c1ccccc1NS(=O)(=O)c1cnc(Cl)nc1. The lowest BCUT2D eigenvalue weighted by Gasteiger charge is -2.23. The second-order valence-corrected chi connectivity index (χ2v) is 7.61. The highest BCUT2D eigenvalue weighted by atomic mass is 35.5. The van der Waals surface area contributed by atoms with Crippen LogP contribution in [0.2, 0.25) is 5.28 Å². The average molecular weight is 326 g/mol. The molecule has 2 rings (SSSR count). The topological polar surface area (TPSA) is 72.0 Å². The normalized spacial score (nSPS) is 12.2. The third-order valence-electron chi connectivity index (χ3n) is 2.89. The highest BCUT2D eigenvalue weighted by Crippen LogP contribution is 2.30. The van der Waals surface area contributed by atoms with Gasteiger partial charge in [-0.05, 0) is 28.6 Å². The molecule has 1 aromatic carbocycles. The zero-order chi connectivity index (χ0) is 15.7. The summed E-state index contributed by atoms with van der Waals surface area (Å²) < 4.78 is 27.3. The van der Waals surface area contributed by atoms with Crippen LogP contribution in [0.5, 0.6) is 0 Å². The lowest BCUT2D eigenvalue weighted by Crippen LogP contribution is -2.19. The van der Waals surface area contributed by atoms with Crippen LogP contribution in [0.25, 0.3) is 0 Å². The summed E-state index contributed by atoms with van der Waals surface area (Å²) in [5.41, 5.74) is 1.26. The van der Waals surface area contributed by atoms with Crippen LogP contribution in [0.15, 0.2) is 41.6 Å². The predicted molar refractivity (Wildman–Crippen MR) is 83.0 cm³/mol. The third kappa shape index (κ3) is 3.71. The lowest BCUT2D eigenvalue weighted by atomic mass is 9.86. The van der Waals surface area contributed by atoms with Crippen LogP contribution in [0.4, 0.5) is 5.69 Å². The minimum absolute atomic E-state index is 0.00374. The quantitative estimate of drug-likeness (QED) is 0.879. The van der Waals surface area contributed by atoms with Crippen molar-refractivity contribution in [2.75, 3.05) is 4.72 Å². The van der Waals surface area contributed by atoms with Crippen molar-refractivity contribution in [1.29, 1.82) is 0 Å². The molecule has 0 unspecified atom stereocenters. The van der Waals surface area contributed by atoms with Crippen LogP contribution in [-0.4, -0.2) is 18.4 Å². The van der Waals surface area contributed by atoms with Gasteiger partial charge in [-0.25, -0.2) is 18.4 Å². The van der Waals surface area contributed by atoms with E-state index in [4.69, 9.17) is 11.6 Å². The smallest absolute Gasteiger partial charge is 0.264 e. The number of para-hydroxylation sites is 1. The van der Waals surface area contributed by atoms with E-state index in [1.54, 1.807) is 12.1 Å². The van der Waals surface area contributed by atoms with Crippen molar-refractivity contribution in [2.24, 2.45) is 0 Å².